The molecule has 0 saturated carbocycles. The molecule has 1 amide bonds. The van der Waals surface area contributed by atoms with Crippen molar-refractivity contribution in [2.75, 3.05) is 40.9 Å². The molecule has 0 aromatic heterocycles. The Morgan fingerprint density at radius 3 is 0.944 bits per heavy atom. The Morgan fingerprint density at radius 2 is 0.681 bits per heavy atom. The highest BCUT2D eigenvalue weighted by Gasteiger charge is 2.24. The third-order valence-electron chi connectivity index (χ3n) is 15.3. The number of quaternary nitrogens is 1. The van der Waals surface area contributed by atoms with Crippen LogP contribution >= 0.6 is 7.82 Å². The number of rotatable bonds is 61. The van der Waals surface area contributed by atoms with Gasteiger partial charge in [-0.2, -0.15) is 0 Å². The van der Waals surface area contributed by atoms with E-state index in [4.69, 9.17) is 9.05 Å². The number of hydrogen-bond acceptors (Lipinski definition) is 6. The van der Waals surface area contributed by atoms with Crippen LogP contribution in [-0.4, -0.2) is 68.5 Å². The van der Waals surface area contributed by atoms with Crippen molar-refractivity contribution in [3.05, 3.63) is 0 Å². The molecule has 3 unspecified atom stereocenters. The first-order valence-electron chi connectivity index (χ1n) is 32.4. The van der Waals surface area contributed by atoms with Gasteiger partial charge in [0.15, 0.2) is 0 Å². The molecule has 0 aromatic rings. The van der Waals surface area contributed by atoms with Gasteiger partial charge in [-0.3, -0.25) is 9.36 Å². The van der Waals surface area contributed by atoms with Crippen LogP contribution in [0.5, 0.6) is 0 Å². The molecule has 0 heterocycles. The number of amides is 1. The van der Waals surface area contributed by atoms with Gasteiger partial charge in [-0.25, -0.2) is 0 Å². The van der Waals surface area contributed by atoms with Crippen LogP contribution in [0.1, 0.15) is 348 Å². The summed E-state index contributed by atoms with van der Waals surface area (Å²) in [7, 11) is 1.33. The molecule has 0 bridgehead atoms. The summed E-state index contributed by atoms with van der Waals surface area (Å²) in [5.74, 6) is -0.155. The number of phosphoric acid groups is 1. The molecule has 0 fully saturated rings. The standard InChI is InChI=1S/C63H129N2O6P/c1-6-8-10-12-14-16-18-20-22-24-26-27-28-29-30-31-32-33-34-35-36-37-39-41-43-45-47-49-51-53-55-57-63(67)64-61(60-71-72(68,69)70-59-58-65(3,4)5)62(66)56-54-52-50-48-46-44-42-40-38-25-23-21-19-17-15-13-11-9-7-2/h61-62,66H,6-60H2,1-5H3,(H-,64,67,68,69). The Balaban J connectivity index is 3.98. The van der Waals surface area contributed by atoms with Gasteiger partial charge in [-0.15, -0.1) is 0 Å². The predicted octanol–water partition coefficient (Wildman–Crippen LogP) is 19.4. The summed E-state index contributed by atoms with van der Waals surface area (Å²) in [5, 5.41) is 14.1. The third kappa shape index (κ3) is 57.2. The van der Waals surface area contributed by atoms with Crippen LogP contribution in [0, 0.1) is 0 Å². The summed E-state index contributed by atoms with van der Waals surface area (Å²) in [6, 6.07) is -0.796. The van der Waals surface area contributed by atoms with Crippen LogP contribution in [0.2, 0.25) is 0 Å². The predicted molar refractivity (Wildman–Crippen MR) is 312 cm³/mol. The van der Waals surface area contributed by atoms with E-state index in [1.165, 1.54) is 283 Å². The lowest BCUT2D eigenvalue weighted by molar-refractivity contribution is -0.870. The molecule has 72 heavy (non-hydrogen) atoms. The minimum Gasteiger partial charge on any atom is -0.756 e. The van der Waals surface area contributed by atoms with E-state index in [1.807, 2.05) is 21.1 Å². The van der Waals surface area contributed by atoms with Crippen LogP contribution < -0.4 is 10.2 Å². The zero-order chi connectivity index (χ0) is 52.7. The van der Waals surface area contributed by atoms with Gasteiger partial charge in [-0.05, 0) is 12.8 Å². The molecule has 8 nitrogen and oxygen atoms in total. The average Bonchev–Trinajstić information content (AvgIpc) is 3.34. The first-order chi connectivity index (χ1) is 35.0. The average molecular weight is 1040 g/mol. The van der Waals surface area contributed by atoms with Gasteiger partial charge in [0, 0.05) is 6.42 Å². The normalized spacial score (nSPS) is 13.7. The highest BCUT2D eigenvalue weighted by Crippen LogP contribution is 2.38. The van der Waals surface area contributed by atoms with E-state index in [9.17, 15) is 19.4 Å². The second kappa shape index (κ2) is 55.3. The molecule has 2 N–H and O–H groups in total. The van der Waals surface area contributed by atoms with E-state index in [0.29, 0.717) is 23.9 Å². The molecule has 9 heteroatoms. The fourth-order valence-electron chi connectivity index (χ4n) is 10.3. The maximum atomic E-state index is 13.0. The molecule has 0 radical (unpaired) electrons. The molecule has 0 saturated heterocycles. The number of carbonyl (C=O) groups excluding carboxylic acids is 1. The smallest absolute Gasteiger partial charge is 0.268 e. The molecule has 0 spiro atoms. The van der Waals surface area contributed by atoms with E-state index in [1.54, 1.807) is 0 Å². The molecule has 0 aliphatic rings. The Bertz CT molecular complexity index is 1140. The number of nitrogens with zero attached hydrogens (tertiary/aromatic N) is 1. The van der Waals surface area contributed by atoms with Crippen molar-refractivity contribution in [3.8, 4) is 0 Å². The third-order valence-corrected chi connectivity index (χ3v) is 16.3. The van der Waals surface area contributed by atoms with Crippen molar-refractivity contribution in [1.29, 1.82) is 0 Å². The molecule has 432 valence electrons. The van der Waals surface area contributed by atoms with Crippen LogP contribution in [0.3, 0.4) is 0 Å². The summed E-state index contributed by atoms with van der Waals surface area (Å²) in [6.07, 6.45) is 67.3. The topological polar surface area (TPSA) is 108 Å². The molecular formula is C63H129N2O6P. The fourth-order valence-corrected chi connectivity index (χ4v) is 11.0. The van der Waals surface area contributed by atoms with Crippen LogP contribution in [0.25, 0.3) is 0 Å². The number of phosphoric ester groups is 1. The van der Waals surface area contributed by atoms with Crippen LogP contribution in [0.4, 0.5) is 0 Å². The molecule has 0 aliphatic carbocycles. The van der Waals surface area contributed by atoms with E-state index < -0.39 is 20.0 Å². The maximum absolute atomic E-state index is 13.0. The van der Waals surface area contributed by atoms with Crippen molar-refractivity contribution in [1.82, 2.24) is 5.32 Å². The van der Waals surface area contributed by atoms with Gasteiger partial charge >= 0.3 is 0 Å². The molecule has 0 aromatic carbocycles. The van der Waals surface area contributed by atoms with Crippen molar-refractivity contribution >= 4 is 13.7 Å². The van der Waals surface area contributed by atoms with Gasteiger partial charge in [-0.1, -0.05) is 328 Å². The lowest BCUT2D eigenvalue weighted by Gasteiger charge is -2.30. The lowest BCUT2D eigenvalue weighted by Crippen LogP contribution is -2.46. The minimum absolute atomic E-state index is 0.0168. The number of nitrogens with one attached hydrogen (secondary N) is 1. The van der Waals surface area contributed by atoms with E-state index in [0.717, 1.165) is 38.5 Å². The fraction of sp³-hybridized carbons (Fsp3) is 0.984. The molecule has 0 aliphatic heterocycles. The summed E-state index contributed by atoms with van der Waals surface area (Å²) < 4.78 is 23.5. The SMILES string of the molecule is CCCCCCCCCCCCCCCCCCCCCCCCCCCCCCCCCC(=O)NC(COP(=O)([O-])OCC[N+](C)(C)C)C(O)CCCCCCCCCCCCCCCCCCCCC. The van der Waals surface area contributed by atoms with E-state index >= 15 is 0 Å². The Kier molecular flexibility index (Phi) is 54.9. The van der Waals surface area contributed by atoms with Gasteiger partial charge in [0.25, 0.3) is 7.82 Å². The summed E-state index contributed by atoms with van der Waals surface area (Å²) in [6.45, 7) is 4.79. The second-order valence-corrected chi connectivity index (χ2v) is 25.3. The largest absolute Gasteiger partial charge is 0.756 e. The Labute approximate surface area is 450 Å². The van der Waals surface area contributed by atoms with Crippen molar-refractivity contribution < 1.29 is 32.9 Å². The Morgan fingerprint density at radius 1 is 0.431 bits per heavy atom. The highest BCUT2D eigenvalue weighted by atomic mass is 31.2. The number of hydrogen-bond donors (Lipinski definition) is 2. The minimum atomic E-state index is -4.57. The molecular weight excluding hydrogens is 912 g/mol. The number of likely N-dealkylation sites (N-methyl/N-ethyl adjacent to an activating group) is 1. The zero-order valence-electron chi connectivity index (χ0n) is 49.4. The van der Waals surface area contributed by atoms with Crippen molar-refractivity contribution in [2.24, 2.45) is 0 Å². The number of carbonyl (C=O) groups is 1. The Hall–Kier alpha value is -0.500. The first kappa shape index (κ1) is 71.5. The van der Waals surface area contributed by atoms with Crippen LogP contribution in [-0.2, 0) is 18.4 Å². The monoisotopic (exact) mass is 1040 g/mol. The summed E-state index contributed by atoms with van der Waals surface area (Å²) in [5.41, 5.74) is 0. The van der Waals surface area contributed by atoms with E-state index in [2.05, 4.69) is 19.2 Å². The summed E-state index contributed by atoms with van der Waals surface area (Å²) >= 11 is 0. The number of aliphatic hydroxyl groups excluding tert-OH is 1. The van der Waals surface area contributed by atoms with Crippen LogP contribution in [0.15, 0.2) is 0 Å². The zero-order valence-corrected chi connectivity index (χ0v) is 50.3. The van der Waals surface area contributed by atoms with Gasteiger partial charge < -0.3 is 28.8 Å². The molecule has 3 atom stereocenters. The van der Waals surface area contributed by atoms with Gasteiger partial charge in [0.1, 0.15) is 13.2 Å². The van der Waals surface area contributed by atoms with Gasteiger partial charge in [0.05, 0.1) is 39.9 Å². The van der Waals surface area contributed by atoms with Crippen molar-refractivity contribution in [3.63, 3.8) is 0 Å². The highest BCUT2D eigenvalue weighted by molar-refractivity contribution is 7.45. The van der Waals surface area contributed by atoms with E-state index in [-0.39, 0.29) is 19.1 Å². The van der Waals surface area contributed by atoms with Gasteiger partial charge in [0.2, 0.25) is 5.91 Å². The molecule has 0 rings (SSSR count). The summed E-state index contributed by atoms with van der Waals surface area (Å²) in [4.78, 5) is 25.6. The number of unbranched alkanes of at least 4 members (excludes halogenated alkanes) is 48. The second-order valence-electron chi connectivity index (χ2n) is 23.8. The lowest BCUT2D eigenvalue weighted by atomic mass is 10.0. The quantitative estimate of drug-likeness (QED) is 0.0357. The number of aliphatic hydroxyl groups is 1. The maximum Gasteiger partial charge on any atom is 0.268 e. The first-order valence-corrected chi connectivity index (χ1v) is 33.8. The van der Waals surface area contributed by atoms with Crippen molar-refractivity contribution in [2.45, 2.75) is 360 Å².